The number of sulfone groups is 1. The molecule has 0 heterocycles. The van der Waals surface area contributed by atoms with Gasteiger partial charge in [-0.1, -0.05) is 19.1 Å². The third-order valence-electron chi connectivity index (χ3n) is 3.50. The molecule has 0 saturated heterocycles. The standard InChI is InChI=1S/C16H27NO3S/c1-5-14(17)12-13-6-8-15(9-7-13)20-10-11-21(18,19)16(2,3)4/h6-9,14H,5,10-12,17H2,1-4H3. The monoisotopic (exact) mass is 313 g/mol. The summed E-state index contributed by atoms with van der Waals surface area (Å²) in [7, 11) is -3.14. The zero-order valence-corrected chi connectivity index (χ0v) is 14.2. The van der Waals surface area contributed by atoms with E-state index in [4.69, 9.17) is 10.5 Å². The largest absolute Gasteiger partial charge is 0.493 e. The van der Waals surface area contributed by atoms with E-state index in [1.807, 2.05) is 24.3 Å². The lowest BCUT2D eigenvalue weighted by molar-refractivity contribution is 0.339. The molecule has 0 aliphatic rings. The molecular weight excluding hydrogens is 286 g/mol. The highest BCUT2D eigenvalue weighted by Crippen LogP contribution is 2.17. The summed E-state index contributed by atoms with van der Waals surface area (Å²) in [6, 6.07) is 7.85. The van der Waals surface area contributed by atoms with Gasteiger partial charge in [-0.05, 0) is 51.3 Å². The zero-order valence-electron chi connectivity index (χ0n) is 13.4. The molecule has 5 heteroatoms. The minimum absolute atomic E-state index is 0.0267. The zero-order chi connectivity index (χ0) is 16.1. The molecule has 0 fully saturated rings. The van der Waals surface area contributed by atoms with Crippen molar-refractivity contribution in [1.29, 1.82) is 0 Å². The molecule has 1 unspecified atom stereocenters. The average molecular weight is 313 g/mol. The third-order valence-corrected chi connectivity index (χ3v) is 6.07. The predicted octanol–water partition coefficient (Wildman–Crippen LogP) is 2.56. The van der Waals surface area contributed by atoms with E-state index in [0.717, 1.165) is 12.8 Å². The summed E-state index contributed by atoms with van der Waals surface area (Å²) in [5.41, 5.74) is 7.08. The van der Waals surface area contributed by atoms with Crippen molar-refractivity contribution in [3.8, 4) is 5.75 Å². The van der Waals surface area contributed by atoms with Gasteiger partial charge in [0.1, 0.15) is 12.4 Å². The number of rotatable bonds is 7. The fraction of sp³-hybridized carbons (Fsp3) is 0.625. The molecular formula is C16H27NO3S. The number of benzene rings is 1. The molecule has 0 aromatic heterocycles. The molecule has 2 N–H and O–H groups in total. The van der Waals surface area contributed by atoms with Gasteiger partial charge in [0.15, 0.2) is 9.84 Å². The van der Waals surface area contributed by atoms with Crippen LogP contribution in [0.3, 0.4) is 0 Å². The molecule has 0 spiro atoms. The van der Waals surface area contributed by atoms with E-state index in [0.29, 0.717) is 5.75 Å². The Morgan fingerprint density at radius 3 is 2.24 bits per heavy atom. The van der Waals surface area contributed by atoms with E-state index in [1.54, 1.807) is 20.8 Å². The molecule has 0 saturated carbocycles. The fourth-order valence-electron chi connectivity index (χ4n) is 1.74. The maximum Gasteiger partial charge on any atom is 0.158 e. The molecule has 1 atom stereocenters. The Balaban J connectivity index is 2.51. The van der Waals surface area contributed by atoms with Crippen LogP contribution in [-0.4, -0.2) is 31.6 Å². The van der Waals surface area contributed by atoms with Crippen LogP contribution in [0.25, 0.3) is 0 Å². The molecule has 21 heavy (non-hydrogen) atoms. The van der Waals surface area contributed by atoms with Crippen LogP contribution in [0, 0.1) is 0 Å². The van der Waals surface area contributed by atoms with Crippen molar-refractivity contribution in [2.45, 2.75) is 51.3 Å². The number of hydrogen-bond donors (Lipinski definition) is 1. The molecule has 4 nitrogen and oxygen atoms in total. The Hall–Kier alpha value is -1.07. The van der Waals surface area contributed by atoms with Crippen LogP contribution in [0.5, 0.6) is 5.75 Å². The summed E-state index contributed by atoms with van der Waals surface area (Å²) in [5, 5.41) is 0. The van der Waals surface area contributed by atoms with Crippen molar-refractivity contribution in [2.75, 3.05) is 12.4 Å². The molecule has 120 valence electrons. The van der Waals surface area contributed by atoms with E-state index in [-0.39, 0.29) is 18.4 Å². The van der Waals surface area contributed by atoms with Gasteiger partial charge < -0.3 is 10.5 Å². The van der Waals surface area contributed by atoms with Gasteiger partial charge in [0.2, 0.25) is 0 Å². The molecule has 0 aliphatic carbocycles. The lowest BCUT2D eigenvalue weighted by atomic mass is 10.0. The molecule has 1 rings (SSSR count). The van der Waals surface area contributed by atoms with E-state index < -0.39 is 14.6 Å². The second-order valence-corrected chi connectivity index (χ2v) is 9.16. The molecule has 1 aromatic carbocycles. The van der Waals surface area contributed by atoms with Gasteiger partial charge in [-0.2, -0.15) is 0 Å². The minimum Gasteiger partial charge on any atom is -0.493 e. The Morgan fingerprint density at radius 2 is 1.76 bits per heavy atom. The smallest absolute Gasteiger partial charge is 0.158 e. The first-order valence-electron chi connectivity index (χ1n) is 7.35. The number of nitrogens with two attached hydrogens (primary N) is 1. The van der Waals surface area contributed by atoms with Gasteiger partial charge in [0.05, 0.1) is 10.5 Å². The third kappa shape index (κ3) is 5.67. The summed E-state index contributed by atoms with van der Waals surface area (Å²) in [4.78, 5) is 0. The Bertz CT molecular complexity index is 530. The lowest BCUT2D eigenvalue weighted by Gasteiger charge is -2.19. The van der Waals surface area contributed by atoms with Crippen LogP contribution in [-0.2, 0) is 16.3 Å². The maximum absolute atomic E-state index is 12.0. The quantitative estimate of drug-likeness (QED) is 0.840. The summed E-state index contributed by atoms with van der Waals surface area (Å²) in [6.07, 6.45) is 1.79. The fourth-order valence-corrected chi connectivity index (χ4v) is 2.66. The first-order valence-corrected chi connectivity index (χ1v) is 9.00. The van der Waals surface area contributed by atoms with Crippen molar-refractivity contribution >= 4 is 9.84 Å². The summed E-state index contributed by atoms with van der Waals surface area (Å²) in [5.74, 6) is 0.715. The summed E-state index contributed by atoms with van der Waals surface area (Å²) < 4.78 is 28.7. The van der Waals surface area contributed by atoms with Gasteiger partial charge in [0, 0.05) is 6.04 Å². The topological polar surface area (TPSA) is 69.4 Å². The van der Waals surface area contributed by atoms with Crippen LogP contribution >= 0.6 is 0 Å². The predicted molar refractivity (Wildman–Crippen MR) is 87.4 cm³/mol. The van der Waals surface area contributed by atoms with E-state index in [2.05, 4.69) is 6.92 Å². The van der Waals surface area contributed by atoms with Crippen LogP contribution in [0.4, 0.5) is 0 Å². The van der Waals surface area contributed by atoms with Crippen molar-refractivity contribution in [3.63, 3.8) is 0 Å². The lowest BCUT2D eigenvalue weighted by Crippen LogP contribution is -2.32. The van der Waals surface area contributed by atoms with Crippen molar-refractivity contribution < 1.29 is 13.2 Å². The Morgan fingerprint density at radius 1 is 1.19 bits per heavy atom. The highest BCUT2D eigenvalue weighted by molar-refractivity contribution is 7.92. The second-order valence-electron chi connectivity index (χ2n) is 6.30. The number of hydrogen-bond acceptors (Lipinski definition) is 4. The normalized spacial score (nSPS) is 14.0. The van der Waals surface area contributed by atoms with Gasteiger partial charge in [0.25, 0.3) is 0 Å². The van der Waals surface area contributed by atoms with E-state index in [9.17, 15) is 8.42 Å². The van der Waals surface area contributed by atoms with Crippen LogP contribution in [0.15, 0.2) is 24.3 Å². The average Bonchev–Trinajstić information content (AvgIpc) is 2.39. The van der Waals surface area contributed by atoms with Gasteiger partial charge in [-0.25, -0.2) is 8.42 Å². The maximum atomic E-state index is 12.0. The number of ether oxygens (including phenoxy) is 1. The van der Waals surface area contributed by atoms with E-state index >= 15 is 0 Å². The molecule has 0 amide bonds. The Kier molecular flexibility index (Phi) is 6.23. The highest BCUT2D eigenvalue weighted by Gasteiger charge is 2.28. The first kappa shape index (κ1) is 18.0. The van der Waals surface area contributed by atoms with Gasteiger partial charge >= 0.3 is 0 Å². The highest BCUT2D eigenvalue weighted by atomic mass is 32.2. The second kappa shape index (κ2) is 7.27. The minimum atomic E-state index is -3.14. The summed E-state index contributed by atoms with van der Waals surface area (Å²) >= 11 is 0. The van der Waals surface area contributed by atoms with Gasteiger partial charge in [-0.3, -0.25) is 0 Å². The molecule has 0 radical (unpaired) electrons. The van der Waals surface area contributed by atoms with Crippen molar-refractivity contribution in [2.24, 2.45) is 5.73 Å². The summed E-state index contributed by atoms with van der Waals surface area (Å²) in [6.45, 7) is 7.35. The van der Waals surface area contributed by atoms with E-state index in [1.165, 1.54) is 5.56 Å². The van der Waals surface area contributed by atoms with Crippen LogP contribution in [0.2, 0.25) is 0 Å². The SMILES string of the molecule is CCC(N)Cc1ccc(OCCS(=O)(=O)C(C)(C)C)cc1. The van der Waals surface area contributed by atoms with Crippen molar-refractivity contribution in [1.82, 2.24) is 0 Å². The van der Waals surface area contributed by atoms with Crippen LogP contribution in [0.1, 0.15) is 39.7 Å². The molecule has 0 aliphatic heterocycles. The molecule has 0 bridgehead atoms. The van der Waals surface area contributed by atoms with Gasteiger partial charge in [-0.15, -0.1) is 0 Å². The molecule has 1 aromatic rings. The van der Waals surface area contributed by atoms with Crippen molar-refractivity contribution in [3.05, 3.63) is 29.8 Å². The van der Waals surface area contributed by atoms with Crippen LogP contribution < -0.4 is 10.5 Å². The Labute approximate surface area is 128 Å². The first-order chi connectivity index (χ1) is 9.65.